The van der Waals surface area contributed by atoms with Gasteiger partial charge in [0.1, 0.15) is 10.6 Å². The van der Waals surface area contributed by atoms with Crippen LogP contribution in [0.15, 0.2) is 96.2 Å². The van der Waals surface area contributed by atoms with Gasteiger partial charge < -0.3 is 23.5 Å². The fraction of sp³-hybridized carbons (Fsp3) is 0.226. The minimum atomic E-state index is -3.99. The summed E-state index contributed by atoms with van der Waals surface area (Å²) in [4.78, 5) is 21.1. The van der Waals surface area contributed by atoms with Gasteiger partial charge in [-0.3, -0.25) is 9.78 Å². The van der Waals surface area contributed by atoms with Crippen molar-refractivity contribution in [3.05, 3.63) is 96.8 Å². The van der Waals surface area contributed by atoms with Crippen molar-refractivity contribution in [1.29, 1.82) is 0 Å². The molecule has 1 saturated heterocycles. The number of anilines is 1. The molecular formula is C31H31N3O6S. The van der Waals surface area contributed by atoms with E-state index < -0.39 is 10.1 Å². The molecule has 41 heavy (non-hydrogen) atoms. The van der Waals surface area contributed by atoms with Crippen LogP contribution in [0.2, 0.25) is 0 Å². The van der Waals surface area contributed by atoms with Gasteiger partial charge in [-0.15, -0.1) is 0 Å². The minimum absolute atomic E-state index is 0.0549. The molecule has 0 saturated carbocycles. The summed E-state index contributed by atoms with van der Waals surface area (Å²) < 4.78 is 41.7. The summed E-state index contributed by atoms with van der Waals surface area (Å²) in [6.07, 6.45) is 3.69. The highest BCUT2D eigenvalue weighted by Crippen LogP contribution is 2.28. The van der Waals surface area contributed by atoms with Crippen LogP contribution in [0, 0.1) is 0 Å². The van der Waals surface area contributed by atoms with Crippen molar-refractivity contribution in [3.63, 3.8) is 0 Å². The number of amides is 1. The van der Waals surface area contributed by atoms with Gasteiger partial charge in [0.05, 0.1) is 20.6 Å². The summed E-state index contributed by atoms with van der Waals surface area (Å²) in [6, 6.07) is 22.7. The van der Waals surface area contributed by atoms with E-state index in [1.165, 1.54) is 12.1 Å². The quantitative estimate of drug-likeness (QED) is 0.272. The first-order valence-corrected chi connectivity index (χ1v) is 14.6. The Kier molecular flexibility index (Phi) is 8.39. The number of carbonyl (C=O) groups excluding carboxylic acids is 1. The van der Waals surface area contributed by atoms with Gasteiger partial charge in [0.2, 0.25) is 5.91 Å². The molecule has 5 rings (SSSR count). The summed E-state index contributed by atoms with van der Waals surface area (Å²) in [6.45, 7) is 2.51. The number of methoxy groups -OCH3 is 2. The van der Waals surface area contributed by atoms with Gasteiger partial charge in [0.25, 0.3) is 0 Å². The first-order valence-electron chi connectivity index (χ1n) is 13.1. The van der Waals surface area contributed by atoms with Crippen molar-refractivity contribution in [2.45, 2.75) is 11.3 Å². The molecule has 4 aromatic rings. The number of carbonyl (C=O) groups is 1. The molecule has 0 unspecified atom stereocenters. The van der Waals surface area contributed by atoms with Gasteiger partial charge in [-0.2, -0.15) is 8.42 Å². The van der Waals surface area contributed by atoms with Crippen LogP contribution in [0.25, 0.3) is 11.1 Å². The Morgan fingerprint density at radius 3 is 2.17 bits per heavy atom. The van der Waals surface area contributed by atoms with E-state index in [1.807, 2.05) is 41.3 Å². The minimum Gasteiger partial charge on any atom is -0.493 e. The highest BCUT2D eigenvalue weighted by atomic mass is 32.2. The topological polar surface area (TPSA) is 98.3 Å². The zero-order chi connectivity index (χ0) is 28.8. The zero-order valence-electron chi connectivity index (χ0n) is 22.9. The van der Waals surface area contributed by atoms with E-state index in [1.54, 1.807) is 56.9 Å². The van der Waals surface area contributed by atoms with Crippen LogP contribution < -0.4 is 18.6 Å². The maximum absolute atomic E-state index is 12.9. The zero-order valence-corrected chi connectivity index (χ0v) is 23.7. The van der Waals surface area contributed by atoms with E-state index in [-0.39, 0.29) is 23.0 Å². The number of pyridine rings is 1. The lowest BCUT2D eigenvalue weighted by Crippen LogP contribution is -2.49. The monoisotopic (exact) mass is 573 g/mol. The molecule has 0 aliphatic carbocycles. The van der Waals surface area contributed by atoms with Gasteiger partial charge in [-0.05, 0) is 71.3 Å². The molecular weight excluding hydrogens is 542 g/mol. The lowest BCUT2D eigenvalue weighted by atomic mass is 10.1. The SMILES string of the molecule is COc1ccc(CC(=O)N2CCN(c3ccc(OS(=O)(=O)c4ccc(-c5cccnc5)cc4)cc3)CC2)cc1OC. The Morgan fingerprint density at radius 2 is 1.54 bits per heavy atom. The number of ether oxygens (including phenoxy) is 2. The molecule has 9 nitrogen and oxygen atoms in total. The molecule has 0 spiro atoms. The molecule has 1 amide bonds. The van der Waals surface area contributed by atoms with E-state index in [0.717, 1.165) is 22.4 Å². The fourth-order valence-corrected chi connectivity index (χ4v) is 5.66. The number of rotatable bonds is 9. The van der Waals surface area contributed by atoms with Gasteiger partial charge in [-0.25, -0.2) is 0 Å². The highest BCUT2D eigenvalue weighted by molar-refractivity contribution is 7.87. The Hall–Kier alpha value is -4.57. The van der Waals surface area contributed by atoms with Gasteiger partial charge >= 0.3 is 10.1 Å². The standard InChI is InChI=1S/C31H31N3O6S/c1-38-29-14-5-23(20-30(29)39-2)21-31(35)34-18-16-33(17-19-34)26-8-10-27(11-9-26)40-41(36,37)28-12-6-24(7-13-28)25-4-3-15-32-22-25/h3-15,20,22H,16-19,21H2,1-2H3. The van der Waals surface area contributed by atoms with Crippen LogP contribution in [-0.4, -0.2) is 64.6 Å². The molecule has 0 atom stereocenters. The molecule has 2 heterocycles. The second-order valence-electron chi connectivity index (χ2n) is 9.53. The molecule has 1 aliphatic rings. The molecule has 0 bridgehead atoms. The van der Waals surface area contributed by atoms with Crippen LogP contribution in [0.3, 0.4) is 0 Å². The van der Waals surface area contributed by atoms with Crippen LogP contribution in [0.1, 0.15) is 5.56 Å². The van der Waals surface area contributed by atoms with Crippen molar-refractivity contribution >= 4 is 21.7 Å². The Balaban J connectivity index is 1.15. The molecule has 212 valence electrons. The predicted octanol–water partition coefficient (Wildman–Crippen LogP) is 4.42. The molecule has 1 aliphatic heterocycles. The summed E-state index contributed by atoms with van der Waals surface area (Å²) in [7, 11) is -0.838. The summed E-state index contributed by atoms with van der Waals surface area (Å²) in [5.41, 5.74) is 3.56. The van der Waals surface area contributed by atoms with Crippen LogP contribution in [0.4, 0.5) is 5.69 Å². The average molecular weight is 574 g/mol. The molecule has 10 heteroatoms. The first kappa shape index (κ1) is 28.0. The Bertz CT molecular complexity index is 1590. The van der Waals surface area contributed by atoms with Gasteiger partial charge in [0, 0.05) is 44.3 Å². The molecule has 0 radical (unpaired) electrons. The number of aromatic nitrogens is 1. The van der Waals surface area contributed by atoms with Crippen molar-refractivity contribution in [1.82, 2.24) is 9.88 Å². The summed E-state index contributed by atoms with van der Waals surface area (Å²) >= 11 is 0. The average Bonchev–Trinajstić information content (AvgIpc) is 3.01. The van der Waals surface area contributed by atoms with E-state index in [2.05, 4.69) is 9.88 Å². The van der Waals surface area contributed by atoms with Crippen molar-refractivity contribution < 1.29 is 26.9 Å². The maximum Gasteiger partial charge on any atom is 0.339 e. The lowest BCUT2D eigenvalue weighted by Gasteiger charge is -2.36. The second-order valence-corrected chi connectivity index (χ2v) is 11.1. The van der Waals surface area contributed by atoms with Crippen LogP contribution in [-0.2, 0) is 21.3 Å². The fourth-order valence-electron chi connectivity index (χ4n) is 4.73. The molecule has 0 N–H and O–H groups in total. The third-order valence-electron chi connectivity index (χ3n) is 6.98. The van der Waals surface area contributed by atoms with Crippen LogP contribution in [0.5, 0.6) is 17.2 Å². The number of hydrogen-bond donors (Lipinski definition) is 0. The second kappa shape index (κ2) is 12.3. The van der Waals surface area contributed by atoms with Crippen molar-refractivity contribution in [2.75, 3.05) is 45.3 Å². The smallest absolute Gasteiger partial charge is 0.339 e. The third kappa shape index (κ3) is 6.60. The highest BCUT2D eigenvalue weighted by Gasteiger charge is 2.22. The largest absolute Gasteiger partial charge is 0.493 e. The normalized spacial score (nSPS) is 13.5. The first-order chi connectivity index (χ1) is 19.9. The number of piperazine rings is 1. The maximum atomic E-state index is 12.9. The van der Waals surface area contributed by atoms with E-state index >= 15 is 0 Å². The number of nitrogens with zero attached hydrogens (tertiary/aromatic N) is 3. The van der Waals surface area contributed by atoms with Gasteiger partial charge in [0.15, 0.2) is 11.5 Å². The van der Waals surface area contributed by atoms with Crippen molar-refractivity contribution in [2.24, 2.45) is 0 Å². The van der Waals surface area contributed by atoms with E-state index in [4.69, 9.17) is 13.7 Å². The molecule has 1 aromatic heterocycles. The molecule has 3 aromatic carbocycles. The summed E-state index contributed by atoms with van der Waals surface area (Å²) in [5, 5.41) is 0. The predicted molar refractivity (Wildman–Crippen MR) is 156 cm³/mol. The van der Waals surface area contributed by atoms with E-state index in [9.17, 15) is 13.2 Å². The molecule has 1 fully saturated rings. The Morgan fingerprint density at radius 1 is 0.829 bits per heavy atom. The van der Waals surface area contributed by atoms with E-state index in [0.29, 0.717) is 37.7 Å². The Labute approximate surface area is 240 Å². The number of hydrogen-bond acceptors (Lipinski definition) is 8. The van der Waals surface area contributed by atoms with Crippen molar-refractivity contribution in [3.8, 4) is 28.4 Å². The van der Waals surface area contributed by atoms with Gasteiger partial charge in [-0.1, -0.05) is 24.3 Å². The lowest BCUT2D eigenvalue weighted by molar-refractivity contribution is -0.130. The summed E-state index contributed by atoms with van der Waals surface area (Å²) in [5.74, 6) is 1.51. The number of benzene rings is 3. The third-order valence-corrected chi connectivity index (χ3v) is 8.24. The van der Waals surface area contributed by atoms with Crippen LogP contribution >= 0.6 is 0 Å².